The molecule has 136 valence electrons. The Morgan fingerprint density at radius 1 is 0.833 bits per heavy atom. The van der Waals surface area contributed by atoms with Crippen LogP contribution in [0.25, 0.3) is 0 Å². The first-order valence-electron chi connectivity index (χ1n) is 9.15. The molecule has 0 atom stereocenters. The Balaban J connectivity index is 2.03. The topological polar surface area (TPSA) is 24.9 Å². The van der Waals surface area contributed by atoms with Crippen molar-refractivity contribution >= 4 is 24.3 Å². The van der Waals surface area contributed by atoms with Crippen molar-refractivity contribution < 1.29 is 9.47 Å². The van der Waals surface area contributed by atoms with E-state index in [1.807, 2.05) is 6.07 Å². The van der Waals surface area contributed by atoms with Crippen molar-refractivity contribution in [2.75, 3.05) is 40.4 Å². The second-order valence-electron chi connectivity index (χ2n) is 6.80. The Kier molecular flexibility index (Phi) is 6.31. The molecule has 0 amide bonds. The summed E-state index contributed by atoms with van der Waals surface area (Å²) in [5.74, 6) is 1.77. The molecule has 0 saturated carbocycles. The number of benzene rings is 1. The molecule has 0 unspecified atom stereocenters. The molecule has 3 rings (SSSR count). The summed E-state index contributed by atoms with van der Waals surface area (Å²) in [5.41, 5.74) is 0. The van der Waals surface area contributed by atoms with Crippen LogP contribution < -0.4 is 14.8 Å². The van der Waals surface area contributed by atoms with Gasteiger partial charge in [-0.1, -0.05) is 0 Å². The maximum atomic E-state index is 5.77. The summed E-state index contributed by atoms with van der Waals surface area (Å²) in [6.07, 6.45) is 7.80. The minimum absolute atomic E-state index is 0.845. The van der Waals surface area contributed by atoms with Crippen molar-refractivity contribution in [3.05, 3.63) is 18.2 Å². The fourth-order valence-corrected chi connectivity index (χ4v) is 9.55. The van der Waals surface area contributed by atoms with Gasteiger partial charge in [0.2, 0.25) is 0 Å². The Bertz CT molecular complexity index is 528. The number of ether oxygens (including phenoxy) is 2. The summed E-state index contributed by atoms with van der Waals surface area (Å²) in [7, 11) is 3.46. The van der Waals surface area contributed by atoms with E-state index in [0.29, 0.717) is 0 Å². The molecule has 1 aromatic rings. The Labute approximate surface area is 152 Å². The summed E-state index contributed by atoms with van der Waals surface area (Å²) in [6.45, 7) is 2.37. The number of nitrogens with zero attached hydrogens (tertiary/aromatic N) is 2. The Hall–Kier alpha value is -0.480. The van der Waals surface area contributed by atoms with Crippen LogP contribution in [0.4, 0.5) is 0 Å². The third-order valence-electron chi connectivity index (χ3n) is 5.36. The standard InChI is InChI=1S/C18H31N2O2PS/c1-21-16-9-10-18(17(15-16)22-2)23(24,19-11-5-3-6-12-19)20-13-7-4-8-14-20/h9-10,15,23-24H,3-8,11-14H2,1-2H3. The average molecular weight is 370 g/mol. The van der Waals surface area contributed by atoms with Crippen molar-refractivity contribution in [3.63, 3.8) is 0 Å². The predicted molar refractivity (Wildman–Crippen MR) is 107 cm³/mol. The van der Waals surface area contributed by atoms with E-state index in [1.165, 1.54) is 43.8 Å². The van der Waals surface area contributed by atoms with Gasteiger partial charge in [-0.25, -0.2) is 0 Å². The summed E-state index contributed by atoms with van der Waals surface area (Å²) in [4.78, 5) is 0. The third-order valence-corrected chi connectivity index (χ3v) is 11.6. The van der Waals surface area contributed by atoms with Gasteiger partial charge < -0.3 is 0 Å². The molecule has 0 radical (unpaired) electrons. The van der Waals surface area contributed by atoms with E-state index < -0.39 is 6.77 Å². The number of rotatable bonds is 5. The number of methoxy groups -OCH3 is 2. The van der Waals surface area contributed by atoms with E-state index in [4.69, 9.17) is 21.7 Å². The zero-order valence-corrected chi connectivity index (χ0v) is 16.9. The number of hydrogen-bond donors (Lipinski definition) is 1. The first kappa shape index (κ1) is 18.3. The van der Waals surface area contributed by atoms with Gasteiger partial charge in [-0.3, -0.25) is 0 Å². The van der Waals surface area contributed by atoms with Gasteiger partial charge in [0.25, 0.3) is 0 Å². The molecule has 0 aromatic heterocycles. The molecule has 0 spiro atoms. The third kappa shape index (κ3) is 3.55. The zero-order valence-electron chi connectivity index (χ0n) is 15.0. The number of thiol groups is 1. The molecule has 2 heterocycles. The van der Waals surface area contributed by atoms with Gasteiger partial charge in [0.1, 0.15) is 0 Å². The number of hydrogen-bond acceptors (Lipinski definition) is 5. The first-order valence-corrected chi connectivity index (χ1v) is 12.3. The number of piperidine rings is 2. The summed E-state index contributed by atoms with van der Waals surface area (Å²) >= 11 is 5.45. The monoisotopic (exact) mass is 370 g/mol. The molecule has 24 heavy (non-hydrogen) atoms. The van der Waals surface area contributed by atoms with Crippen LogP contribution in [-0.4, -0.2) is 49.7 Å². The predicted octanol–water partition coefficient (Wildman–Crippen LogP) is 3.73. The van der Waals surface area contributed by atoms with Crippen LogP contribution >= 0.6 is 19.0 Å². The first-order chi connectivity index (χ1) is 11.7. The van der Waals surface area contributed by atoms with Crippen LogP contribution in [0.3, 0.4) is 0 Å². The molecule has 1 aromatic carbocycles. The average Bonchev–Trinajstić information content (AvgIpc) is 2.68. The van der Waals surface area contributed by atoms with Gasteiger partial charge in [0.15, 0.2) is 0 Å². The van der Waals surface area contributed by atoms with Crippen molar-refractivity contribution in [2.24, 2.45) is 0 Å². The molecule has 0 bridgehead atoms. The second kappa shape index (κ2) is 8.27. The van der Waals surface area contributed by atoms with E-state index in [-0.39, 0.29) is 0 Å². The van der Waals surface area contributed by atoms with Crippen LogP contribution in [0.1, 0.15) is 38.5 Å². The zero-order chi connectivity index (χ0) is 17.0. The molecule has 0 N–H and O–H groups in total. The summed E-state index contributed by atoms with van der Waals surface area (Å²) in [5, 5.41) is 1.28. The van der Waals surface area contributed by atoms with Crippen LogP contribution in [-0.2, 0) is 0 Å². The fourth-order valence-electron chi connectivity index (χ4n) is 4.03. The maximum absolute atomic E-state index is 5.77. The van der Waals surface area contributed by atoms with Crippen LogP contribution in [0, 0.1) is 0 Å². The molecule has 0 aliphatic carbocycles. The van der Waals surface area contributed by atoms with Crippen LogP contribution in [0.2, 0.25) is 0 Å². The van der Waals surface area contributed by atoms with E-state index in [0.717, 1.165) is 37.7 Å². The van der Waals surface area contributed by atoms with Gasteiger partial charge in [-0.05, 0) is 0 Å². The van der Waals surface area contributed by atoms with Gasteiger partial charge in [0, 0.05) is 0 Å². The van der Waals surface area contributed by atoms with Gasteiger partial charge in [-0.2, -0.15) is 0 Å². The van der Waals surface area contributed by atoms with E-state index in [9.17, 15) is 0 Å². The SMILES string of the molecule is COc1ccc([PH](S)(N2CCCCC2)N2CCCCC2)c(OC)c1. The molecule has 6 heteroatoms. The Morgan fingerprint density at radius 3 is 1.83 bits per heavy atom. The normalized spacial score (nSPS) is 21.5. The van der Waals surface area contributed by atoms with Gasteiger partial charge in [-0.15, -0.1) is 0 Å². The quantitative estimate of drug-likeness (QED) is 0.631. The van der Waals surface area contributed by atoms with Crippen molar-refractivity contribution in [2.45, 2.75) is 38.5 Å². The molecular weight excluding hydrogens is 339 g/mol. The Morgan fingerprint density at radius 2 is 1.38 bits per heavy atom. The molecule has 2 fully saturated rings. The van der Waals surface area contributed by atoms with E-state index >= 15 is 0 Å². The summed E-state index contributed by atoms with van der Waals surface area (Å²) < 4.78 is 16.5. The van der Waals surface area contributed by atoms with Crippen molar-refractivity contribution in [3.8, 4) is 11.5 Å². The fraction of sp³-hybridized carbons (Fsp3) is 0.667. The second-order valence-corrected chi connectivity index (χ2v) is 11.7. The van der Waals surface area contributed by atoms with Crippen LogP contribution in [0.15, 0.2) is 18.2 Å². The molecule has 4 nitrogen and oxygen atoms in total. The van der Waals surface area contributed by atoms with Crippen molar-refractivity contribution in [1.82, 2.24) is 9.34 Å². The van der Waals surface area contributed by atoms with Crippen LogP contribution in [0.5, 0.6) is 11.5 Å². The molecule has 2 aliphatic heterocycles. The van der Waals surface area contributed by atoms with Crippen molar-refractivity contribution in [1.29, 1.82) is 0 Å². The molecule has 2 saturated heterocycles. The van der Waals surface area contributed by atoms with E-state index in [2.05, 4.69) is 21.5 Å². The van der Waals surface area contributed by atoms with E-state index in [1.54, 1.807) is 14.2 Å². The summed E-state index contributed by atoms with van der Waals surface area (Å²) in [6, 6.07) is 6.27. The molecular formula is C18H31N2O2PS. The minimum atomic E-state index is -2.24. The molecule has 2 aliphatic rings. The van der Waals surface area contributed by atoms with Gasteiger partial charge in [0.05, 0.1) is 0 Å². The van der Waals surface area contributed by atoms with Gasteiger partial charge >= 0.3 is 152 Å².